The normalized spacial score (nSPS) is 17.8. The van der Waals surface area contributed by atoms with Crippen LogP contribution in [0.25, 0.3) is 6.08 Å². The number of pyridine rings is 1. The molecule has 3 rings (SSSR count). The van der Waals surface area contributed by atoms with E-state index < -0.39 is 5.91 Å². The second-order valence-corrected chi connectivity index (χ2v) is 7.02. The molecular formula is C20H23ClN4O2. The van der Waals surface area contributed by atoms with E-state index in [4.69, 9.17) is 16.8 Å². The second-order valence-electron chi connectivity index (χ2n) is 6.61. The van der Waals surface area contributed by atoms with Crippen molar-refractivity contribution in [2.24, 2.45) is 0 Å². The van der Waals surface area contributed by atoms with E-state index in [0.29, 0.717) is 16.4 Å². The maximum Gasteiger partial charge on any atom is 0.267 e. The molecule has 6 nitrogen and oxygen atoms in total. The van der Waals surface area contributed by atoms with Crippen LogP contribution in [0.2, 0.25) is 5.02 Å². The number of benzene rings is 1. The Morgan fingerprint density at radius 3 is 2.93 bits per heavy atom. The molecule has 1 fully saturated rings. The van der Waals surface area contributed by atoms with Gasteiger partial charge in [-0.3, -0.25) is 14.9 Å². The number of anilines is 1. The molecule has 1 amide bonds. The maximum atomic E-state index is 11.0. The summed E-state index contributed by atoms with van der Waals surface area (Å²) in [6, 6.07) is 12.5. The van der Waals surface area contributed by atoms with Gasteiger partial charge in [0.1, 0.15) is 5.82 Å². The van der Waals surface area contributed by atoms with Crippen LogP contribution in [0.5, 0.6) is 0 Å². The van der Waals surface area contributed by atoms with Crippen LogP contribution in [0, 0.1) is 0 Å². The molecule has 2 aromatic rings. The third-order valence-corrected chi connectivity index (χ3v) is 4.78. The predicted octanol–water partition coefficient (Wildman–Crippen LogP) is 3.33. The topological polar surface area (TPSA) is 77.5 Å². The van der Waals surface area contributed by atoms with Gasteiger partial charge in [-0.05, 0) is 42.7 Å². The van der Waals surface area contributed by atoms with Crippen LogP contribution < -0.4 is 10.8 Å². The summed E-state index contributed by atoms with van der Waals surface area (Å²) in [7, 11) is 0. The molecule has 1 aromatic heterocycles. The molecule has 0 spiro atoms. The van der Waals surface area contributed by atoms with Crippen LogP contribution in [0.3, 0.4) is 0 Å². The van der Waals surface area contributed by atoms with Crippen molar-refractivity contribution in [1.82, 2.24) is 15.4 Å². The van der Waals surface area contributed by atoms with Crippen molar-refractivity contribution < 1.29 is 10.0 Å². The highest BCUT2D eigenvalue weighted by Crippen LogP contribution is 2.24. The summed E-state index contributed by atoms with van der Waals surface area (Å²) < 4.78 is 0. The van der Waals surface area contributed by atoms with E-state index >= 15 is 0 Å². The Hall–Kier alpha value is -2.41. The third-order valence-electron chi connectivity index (χ3n) is 4.50. The smallest absolute Gasteiger partial charge is 0.267 e. The first kappa shape index (κ1) is 19.4. The number of hydrogen-bond acceptors (Lipinski definition) is 5. The van der Waals surface area contributed by atoms with Gasteiger partial charge in [-0.1, -0.05) is 41.9 Å². The number of piperidine rings is 1. The number of aromatic nitrogens is 1. The Morgan fingerprint density at radius 2 is 2.19 bits per heavy atom. The average Bonchev–Trinajstić information content (AvgIpc) is 2.69. The molecule has 0 saturated carbocycles. The number of nitrogens with one attached hydrogen (secondary N) is 2. The first-order valence-electron chi connectivity index (χ1n) is 8.94. The van der Waals surface area contributed by atoms with Crippen molar-refractivity contribution in [1.29, 1.82) is 0 Å². The van der Waals surface area contributed by atoms with Gasteiger partial charge >= 0.3 is 0 Å². The minimum Gasteiger partial charge on any atom is -0.365 e. The monoisotopic (exact) mass is 386 g/mol. The first-order valence-corrected chi connectivity index (χ1v) is 9.32. The number of hydrogen-bond donors (Lipinski definition) is 3. The number of rotatable bonds is 6. The van der Waals surface area contributed by atoms with E-state index in [1.807, 2.05) is 6.07 Å². The van der Waals surface area contributed by atoms with Crippen molar-refractivity contribution in [3.63, 3.8) is 0 Å². The number of hydroxylamine groups is 1. The quantitative estimate of drug-likeness (QED) is 0.403. The molecule has 0 aliphatic carbocycles. The molecule has 3 N–H and O–H groups in total. The molecule has 2 heterocycles. The van der Waals surface area contributed by atoms with E-state index in [1.165, 1.54) is 17.7 Å². The molecule has 1 aromatic carbocycles. The zero-order chi connectivity index (χ0) is 19.1. The molecule has 27 heavy (non-hydrogen) atoms. The van der Waals surface area contributed by atoms with Crippen molar-refractivity contribution >= 4 is 29.4 Å². The van der Waals surface area contributed by atoms with Gasteiger partial charge in [0, 0.05) is 31.4 Å². The highest BCUT2D eigenvalue weighted by atomic mass is 35.5. The van der Waals surface area contributed by atoms with E-state index in [1.54, 1.807) is 17.7 Å². The van der Waals surface area contributed by atoms with Crippen LogP contribution in [-0.2, 0) is 11.3 Å². The number of nitrogens with zero attached hydrogens (tertiary/aromatic N) is 2. The fourth-order valence-electron chi connectivity index (χ4n) is 3.21. The van der Waals surface area contributed by atoms with Gasteiger partial charge in [-0.25, -0.2) is 10.5 Å². The maximum absolute atomic E-state index is 11.0. The summed E-state index contributed by atoms with van der Waals surface area (Å²) in [6.45, 7) is 2.97. The van der Waals surface area contributed by atoms with Crippen molar-refractivity contribution in [3.8, 4) is 0 Å². The minimum atomic E-state index is -0.603. The third kappa shape index (κ3) is 5.79. The zero-order valence-corrected chi connectivity index (χ0v) is 15.7. The van der Waals surface area contributed by atoms with Crippen LogP contribution in [0.1, 0.15) is 24.0 Å². The van der Waals surface area contributed by atoms with Crippen molar-refractivity contribution in [2.75, 3.05) is 18.4 Å². The number of likely N-dealkylation sites (tertiary alicyclic amines) is 1. The zero-order valence-electron chi connectivity index (χ0n) is 14.9. The van der Waals surface area contributed by atoms with Gasteiger partial charge in [0.15, 0.2) is 0 Å². The number of amides is 1. The van der Waals surface area contributed by atoms with Gasteiger partial charge in [-0.2, -0.15) is 0 Å². The van der Waals surface area contributed by atoms with Crippen molar-refractivity contribution in [2.45, 2.75) is 25.4 Å². The van der Waals surface area contributed by atoms with Gasteiger partial charge < -0.3 is 5.32 Å². The fourth-order valence-corrected chi connectivity index (χ4v) is 3.44. The van der Waals surface area contributed by atoms with Crippen LogP contribution in [0.4, 0.5) is 5.82 Å². The fraction of sp³-hybridized carbons (Fsp3) is 0.300. The Labute approximate surface area is 163 Å². The minimum absolute atomic E-state index is 0.286. The van der Waals surface area contributed by atoms with E-state index in [0.717, 1.165) is 32.5 Å². The summed E-state index contributed by atoms with van der Waals surface area (Å²) in [5, 5.41) is 12.4. The summed E-state index contributed by atoms with van der Waals surface area (Å²) >= 11 is 6.34. The molecule has 142 valence electrons. The Kier molecular flexibility index (Phi) is 6.81. The Morgan fingerprint density at radius 1 is 1.37 bits per heavy atom. The standard InChI is InChI=1S/C20H23ClN4O2/c21-18-11-16(8-9-19(26)24-27)12-22-20(18)23-17-7-4-10-25(14-17)13-15-5-2-1-3-6-15/h1-3,5-6,8-9,11-12,17,27H,4,7,10,13-14H2,(H,22,23)(H,24,26)/b9-8+/t17-/m1/s1. The number of carbonyl (C=O) groups excluding carboxylic acids is 1. The number of carbonyl (C=O) groups is 1. The van der Waals surface area contributed by atoms with Crippen molar-refractivity contribution in [3.05, 3.63) is 64.8 Å². The Balaban J connectivity index is 1.59. The second kappa shape index (κ2) is 9.50. The Bertz CT molecular complexity index is 798. The molecule has 0 unspecified atom stereocenters. The molecule has 1 saturated heterocycles. The lowest BCUT2D eigenvalue weighted by Gasteiger charge is -2.33. The summed E-state index contributed by atoms with van der Waals surface area (Å²) in [5.41, 5.74) is 3.54. The molecule has 1 aliphatic rings. The molecule has 1 aliphatic heterocycles. The molecule has 0 bridgehead atoms. The molecular weight excluding hydrogens is 364 g/mol. The molecule has 0 radical (unpaired) electrons. The van der Waals surface area contributed by atoms with E-state index in [9.17, 15) is 4.79 Å². The summed E-state index contributed by atoms with van der Waals surface area (Å²) in [5.74, 6) is 0.0426. The van der Waals surface area contributed by atoms with Gasteiger partial charge in [0.25, 0.3) is 5.91 Å². The highest BCUT2D eigenvalue weighted by molar-refractivity contribution is 6.33. The SMILES string of the molecule is O=C(/C=C/c1cnc(N[C@@H]2CCCN(Cc3ccccc3)C2)c(Cl)c1)NO. The average molecular weight is 387 g/mol. The molecule has 1 atom stereocenters. The van der Waals surface area contributed by atoms with Crippen LogP contribution >= 0.6 is 11.6 Å². The largest absolute Gasteiger partial charge is 0.365 e. The lowest BCUT2D eigenvalue weighted by molar-refractivity contribution is -0.124. The van der Waals surface area contributed by atoms with Gasteiger partial charge in [-0.15, -0.1) is 0 Å². The lowest BCUT2D eigenvalue weighted by atomic mass is 10.0. The molecule has 7 heteroatoms. The van der Waals surface area contributed by atoms with Crippen LogP contribution in [-0.4, -0.2) is 40.1 Å². The number of halogens is 1. The van der Waals surface area contributed by atoms with E-state index in [-0.39, 0.29) is 6.04 Å². The lowest BCUT2D eigenvalue weighted by Crippen LogP contribution is -2.41. The van der Waals surface area contributed by atoms with E-state index in [2.05, 4.69) is 39.5 Å². The van der Waals surface area contributed by atoms with Crippen LogP contribution in [0.15, 0.2) is 48.7 Å². The summed E-state index contributed by atoms with van der Waals surface area (Å²) in [6.07, 6.45) is 6.58. The predicted molar refractivity (Wildman–Crippen MR) is 107 cm³/mol. The summed E-state index contributed by atoms with van der Waals surface area (Å²) in [4.78, 5) is 17.9. The highest BCUT2D eigenvalue weighted by Gasteiger charge is 2.21. The van der Waals surface area contributed by atoms with Gasteiger partial charge in [0.2, 0.25) is 0 Å². The van der Waals surface area contributed by atoms with Gasteiger partial charge in [0.05, 0.1) is 5.02 Å². The first-order chi connectivity index (χ1) is 13.1.